The van der Waals surface area contributed by atoms with Gasteiger partial charge in [-0.3, -0.25) is 0 Å². The molecule has 0 aliphatic rings. The molecule has 102 valence electrons. The highest BCUT2D eigenvalue weighted by Crippen LogP contribution is 2.59. The van der Waals surface area contributed by atoms with Gasteiger partial charge in [0.2, 0.25) is 0 Å². The minimum Gasteiger partial charge on any atom is -0.330 e. The SMILES string of the molecule is CCOP(OCC)C(F)(F)c1ccc(CBr)cc1. The topological polar surface area (TPSA) is 18.5 Å². The first-order chi connectivity index (χ1) is 8.56. The van der Waals surface area contributed by atoms with Gasteiger partial charge >= 0.3 is 5.66 Å². The molecule has 0 radical (unpaired) electrons. The number of rotatable bonds is 7. The van der Waals surface area contributed by atoms with Crippen LogP contribution in [0.15, 0.2) is 24.3 Å². The summed E-state index contributed by atoms with van der Waals surface area (Å²) in [4.78, 5) is 0. The largest absolute Gasteiger partial charge is 0.339 e. The highest BCUT2D eigenvalue weighted by Gasteiger charge is 2.44. The van der Waals surface area contributed by atoms with E-state index in [4.69, 9.17) is 9.05 Å². The summed E-state index contributed by atoms with van der Waals surface area (Å²) in [5.74, 6) is 0. The van der Waals surface area contributed by atoms with E-state index in [1.807, 2.05) is 0 Å². The summed E-state index contributed by atoms with van der Waals surface area (Å²) in [6, 6.07) is 6.18. The molecule has 6 heteroatoms. The van der Waals surface area contributed by atoms with Crippen LogP contribution in [0.2, 0.25) is 0 Å². The molecule has 0 fully saturated rings. The van der Waals surface area contributed by atoms with Gasteiger partial charge in [-0.2, -0.15) is 8.78 Å². The lowest BCUT2D eigenvalue weighted by Crippen LogP contribution is -2.14. The summed E-state index contributed by atoms with van der Waals surface area (Å²) in [5.41, 5.74) is -2.21. The van der Waals surface area contributed by atoms with E-state index in [1.165, 1.54) is 12.1 Å². The van der Waals surface area contributed by atoms with Crippen molar-refractivity contribution in [2.24, 2.45) is 0 Å². The Morgan fingerprint density at radius 3 is 2.00 bits per heavy atom. The van der Waals surface area contributed by atoms with Gasteiger partial charge in [-0.25, -0.2) is 0 Å². The van der Waals surface area contributed by atoms with Gasteiger partial charge in [0.15, 0.2) is 0 Å². The van der Waals surface area contributed by atoms with Crippen molar-refractivity contribution in [1.29, 1.82) is 0 Å². The van der Waals surface area contributed by atoms with Gasteiger partial charge in [-0.05, 0) is 19.4 Å². The van der Waals surface area contributed by atoms with Gasteiger partial charge in [-0.15, -0.1) is 0 Å². The summed E-state index contributed by atoms with van der Waals surface area (Å²) in [6.07, 6.45) is 0. The molecule has 1 aromatic carbocycles. The summed E-state index contributed by atoms with van der Waals surface area (Å²) in [6.45, 7) is 3.78. The summed E-state index contributed by atoms with van der Waals surface area (Å²) >= 11 is 3.28. The van der Waals surface area contributed by atoms with Crippen molar-refractivity contribution in [2.45, 2.75) is 24.8 Å². The summed E-state index contributed by atoms with van der Waals surface area (Å²) < 4.78 is 38.5. The minimum absolute atomic E-state index is 0.0692. The third-order valence-corrected chi connectivity index (χ3v) is 4.53. The first-order valence-electron chi connectivity index (χ1n) is 5.65. The first-order valence-corrected chi connectivity index (χ1v) is 7.95. The van der Waals surface area contributed by atoms with Gasteiger partial charge in [0, 0.05) is 10.9 Å². The molecule has 0 aliphatic heterocycles. The molecule has 1 rings (SSSR count). The van der Waals surface area contributed by atoms with Crippen LogP contribution >= 0.6 is 24.3 Å². The van der Waals surface area contributed by atoms with Crippen LogP contribution in [-0.2, 0) is 20.0 Å². The van der Waals surface area contributed by atoms with E-state index < -0.39 is 14.0 Å². The van der Waals surface area contributed by atoms with E-state index in [0.717, 1.165) is 5.56 Å². The quantitative estimate of drug-likeness (QED) is 0.512. The highest BCUT2D eigenvalue weighted by atomic mass is 79.9. The van der Waals surface area contributed by atoms with Crippen molar-refractivity contribution in [2.75, 3.05) is 13.2 Å². The molecular weight excluding hydrogens is 325 g/mol. The smallest absolute Gasteiger partial charge is 0.330 e. The standard InChI is InChI=1S/C12H16BrF2O2P/c1-3-16-18(17-4-2)12(14,15)11-7-5-10(9-13)6-8-11/h5-8H,3-4,9H2,1-2H3. The molecule has 0 spiro atoms. The van der Waals surface area contributed by atoms with Crippen LogP contribution < -0.4 is 0 Å². The number of benzene rings is 1. The molecule has 0 saturated carbocycles. The van der Waals surface area contributed by atoms with Crippen molar-refractivity contribution in [1.82, 2.24) is 0 Å². The summed E-state index contributed by atoms with van der Waals surface area (Å²) in [5, 5.41) is 0.643. The van der Waals surface area contributed by atoms with Crippen LogP contribution in [0.5, 0.6) is 0 Å². The highest BCUT2D eigenvalue weighted by molar-refractivity contribution is 9.08. The van der Waals surface area contributed by atoms with Crippen molar-refractivity contribution in [3.8, 4) is 0 Å². The zero-order chi connectivity index (χ0) is 13.6. The normalized spacial score (nSPS) is 12.1. The Balaban J connectivity index is 2.92. The molecule has 0 bridgehead atoms. The lowest BCUT2D eigenvalue weighted by Gasteiger charge is -2.25. The Labute approximate surface area is 116 Å². The van der Waals surface area contributed by atoms with Crippen LogP contribution in [0, 0.1) is 0 Å². The Morgan fingerprint density at radius 1 is 1.11 bits per heavy atom. The van der Waals surface area contributed by atoms with Gasteiger partial charge in [0.25, 0.3) is 8.38 Å². The monoisotopic (exact) mass is 340 g/mol. The minimum atomic E-state index is -3.09. The molecule has 0 aromatic heterocycles. The maximum Gasteiger partial charge on any atom is 0.339 e. The molecule has 0 amide bonds. The van der Waals surface area contributed by atoms with Crippen molar-refractivity contribution < 1.29 is 17.8 Å². The van der Waals surface area contributed by atoms with Crippen LogP contribution in [-0.4, -0.2) is 13.2 Å². The number of hydrogen-bond acceptors (Lipinski definition) is 2. The van der Waals surface area contributed by atoms with E-state index in [9.17, 15) is 8.78 Å². The fourth-order valence-corrected chi connectivity index (χ4v) is 2.94. The maximum atomic E-state index is 14.2. The molecule has 1 aromatic rings. The second-order valence-electron chi connectivity index (χ2n) is 3.46. The van der Waals surface area contributed by atoms with Crippen LogP contribution in [0.25, 0.3) is 0 Å². The van der Waals surface area contributed by atoms with E-state index in [1.54, 1.807) is 26.0 Å². The molecule has 2 nitrogen and oxygen atoms in total. The number of halogens is 3. The average molecular weight is 341 g/mol. The van der Waals surface area contributed by atoms with Crippen LogP contribution in [0.4, 0.5) is 8.78 Å². The number of alkyl halides is 3. The van der Waals surface area contributed by atoms with Gasteiger partial charge in [0.05, 0.1) is 13.2 Å². The predicted octanol–water partition coefficient (Wildman–Crippen LogP) is 5.02. The zero-order valence-electron chi connectivity index (χ0n) is 10.3. The third-order valence-electron chi connectivity index (χ3n) is 2.18. The van der Waals surface area contributed by atoms with Crippen LogP contribution in [0.1, 0.15) is 25.0 Å². The molecule has 0 aliphatic carbocycles. The third kappa shape index (κ3) is 3.95. The average Bonchev–Trinajstić information content (AvgIpc) is 2.38. The second-order valence-corrected chi connectivity index (χ2v) is 5.62. The van der Waals surface area contributed by atoms with Gasteiger partial charge in [0.1, 0.15) is 0 Å². The zero-order valence-corrected chi connectivity index (χ0v) is 12.8. The Bertz CT molecular complexity index is 354. The Kier molecular flexibility index (Phi) is 6.64. The predicted molar refractivity (Wildman–Crippen MR) is 73.1 cm³/mol. The summed E-state index contributed by atoms with van der Waals surface area (Å²) in [7, 11) is -2.24. The molecule has 0 unspecified atom stereocenters. The second kappa shape index (κ2) is 7.49. The van der Waals surface area contributed by atoms with Gasteiger partial charge in [-0.1, -0.05) is 40.2 Å². The fourth-order valence-electron chi connectivity index (χ4n) is 1.33. The molecule has 0 saturated heterocycles. The maximum absolute atomic E-state index is 14.2. The van der Waals surface area contributed by atoms with Crippen molar-refractivity contribution in [3.05, 3.63) is 35.4 Å². The molecule has 0 atom stereocenters. The first kappa shape index (κ1) is 16.0. The molecular formula is C12H16BrF2O2P. The van der Waals surface area contributed by atoms with Crippen LogP contribution in [0.3, 0.4) is 0 Å². The Morgan fingerprint density at radius 2 is 1.61 bits per heavy atom. The molecule has 0 heterocycles. The van der Waals surface area contributed by atoms with E-state index in [2.05, 4.69) is 15.9 Å². The fraction of sp³-hybridized carbons (Fsp3) is 0.500. The molecule has 18 heavy (non-hydrogen) atoms. The van der Waals surface area contributed by atoms with Crippen molar-refractivity contribution >= 4 is 24.3 Å². The van der Waals surface area contributed by atoms with E-state index in [-0.39, 0.29) is 18.8 Å². The lowest BCUT2D eigenvalue weighted by molar-refractivity contribution is 0.0570. The van der Waals surface area contributed by atoms with Crippen molar-refractivity contribution in [3.63, 3.8) is 0 Å². The van der Waals surface area contributed by atoms with E-state index >= 15 is 0 Å². The Hall–Kier alpha value is -0.0900. The lowest BCUT2D eigenvalue weighted by atomic mass is 10.1. The number of hydrogen-bond donors (Lipinski definition) is 0. The molecule has 0 N–H and O–H groups in total. The van der Waals surface area contributed by atoms with Gasteiger partial charge < -0.3 is 9.05 Å². The van der Waals surface area contributed by atoms with E-state index in [0.29, 0.717) is 5.33 Å².